The van der Waals surface area contributed by atoms with Crippen LogP contribution in [0.25, 0.3) is 5.70 Å². The number of aromatic hydroxyl groups is 1. The van der Waals surface area contributed by atoms with Gasteiger partial charge in [0.25, 0.3) is 0 Å². The maximum absolute atomic E-state index is 9.43. The monoisotopic (exact) mass is 201 g/mol. The Morgan fingerprint density at radius 3 is 2.87 bits per heavy atom. The van der Waals surface area contributed by atoms with Crippen LogP contribution in [0.5, 0.6) is 5.75 Å². The Kier molecular flexibility index (Phi) is 3.47. The average molecular weight is 201 g/mol. The summed E-state index contributed by atoms with van der Waals surface area (Å²) in [5.41, 5.74) is 7.09. The van der Waals surface area contributed by atoms with E-state index in [0.29, 0.717) is 11.3 Å². The molecular formula is C11H11N3O. The van der Waals surface area contributed by atoms with Crippen LogP contribution in [-0.4, -0.2) is 18.4 Å². The Morgan fingerprint density at radius 1 is 1.60 bits per heavy atom. The summed E-state index contributed by atoms with van der Waals surface area (Å²) < 4.78 is 0. The van der Waals surface area contributed by atoms with Crippen LogP contribution in [-0.2, 0) is 0 Å². The average Bonchev–Trinajstić information content (AvgIpc) is 2.25. The number of phenolic OH excluding ortho intramolecular Hbond substituents is 1. The van der Waals surface area contributed by atoms with Crippen LogP contribution in [0.1, 0.15) is 11.1 Å². The van der Waals surface area contributed by atoms with E-state index in [1.807, 2.05) is 6.07 Å². The first kappa shape index (κ1) is 10.8. The summed E-state index contributed by atoms with van der Waals surface area (Å²) in [6.07, 6.45) is 3.19. The molecule has 0 radical (unpaired) electrons. The van der Waals surface area contributed by atoms with E-state index in [1.54, 1.807) is 25.4 Å². The molecular weight excluding hydrogens is 190 g/mol. The molecule has 0 aliphatic rings. The normalized spacial score (nSPS) is 11.6. The van der Waals surface area contributed by atoms with Crippen molar-refractivity contribution in [2.24, 2.45) is 10.7 Å². The fourth-order valence-electron chi connectivity index (χ4n) is 1.06. The molecule has 0 aliphatic carbocycles. The molecule has 1 aromatic rings. The molecule has 4 heteroatoms. The Bertz CT molecular complexity index is 455. The maximum Gasteiger partial charge on any atom is 0.134 e. The summed E-state index contributed by atoms with van der Waals surface area (Å²) in [6.45, 7) is 0. The predicted molar refractivity (Wildman–Crippen MR) is 59.4 cm³/mol. The van der Waals surface area contributed by atoms with E-state index in [4.69, 9.17) is 11.0 Å². The highest BCUT2D eigenvalue weighted by molar-refractivity contribution is 5.83. The molecule has 76 valence electrons. The number of nitrogens with zero attached hydrogens (tertiary/aromatic N) is 2. The molecule has 1 rings (SSSR count). The van der Waals surface area contributed by atoms with E-state index in [1.165, 1.54) is 12.1 Å². The Morgan fingerprint density at radius 2 is 2.33 bits per heavy atom. The molecule has 3 N–H and O–H groups in total. The summed E-state index contributed by atoms with van der Waals surface area (Å²) in [5, 5.41) is 18.0. The molecule has 15 heavy (non-hydrogen) atoms. The minimum atomic E-state index is -0.0696. The molecule has 0 aliphatic heterocycles. The van der Waals surface area contributed by atoms with Crippen LogP contribution in [0.4, 0.5) is 0 Å². The first-order chi connectivity index (χ1) is 7.19. The van der Waals surface area contributed by atoms with Crippen molar-refractivity contribution in [3.63, 3.8) is 0 Å². The predicted octanol–water partition coefficient (Wildman–Crippen LogP) is 1.26. The molecule has 1 aromatic carbocycles. The molecule has 0 unspecified atom stereocenters. The smallest absolute Gasteiger partial charge is 0.134 e. The third-order valence-corrected chi connectivity index (χ3v) is 1.85. The van der Waals surface area contributed by atoms with Gasteiger partial charge in [0.05, 0.1) is 5.56 Å². The van der Waals surface area contributed by atoms with E-state index >= 15 is 0 Å². The van der Waals surface area contributed by atoms with Gasteiger partial charge in [0.15, 0.2) is 0 Å². The van der Waals surface area contributed by atoms with Gasteiger partial charge in [-0.1, -0.05) is 6.07 Å². The van der Waals surface area contributed by atoms with Crippen molar-refractivity contribution in [3.8, 4) is 11.8 Å². The van der Waals surface area contributed by atoms with Crippen LogP contribution >= 0.6 is 0 Å². The standard InChI is InChI=1S/C11H11N3O/c1-14-5-4-10(13)8-2-3-9(7-12)11(15)6-8/h2-6,15H,13H2,1H3. The van der Waals surface area contributed by atoms with Crippen LogP contribution in [0, 0.1) is 11.3 Å². The number of hydrogen-bond acceptors (Lipinski definition) is 4. The third-order valence-electron chi connectivity index (χ3n) is 1.85. The number of phenols is 1. The highest BCUT2D eigenvalue weighted by atomic mass is 16.3. The zero-order valence-electron chi connectivity index (χ0n) is 8.31. The summed E-state index contributed by atoms with van der Waals surface area (Å²) in [7, 11) is 1.64. The maximum atomic E-state index is 9.43. The van der Waals surface area contributed by atoms with Crippen molar-refractivity contribution in [1.29, 1.82) is 5.26 Å². The van der Waals surface area contributed by atoms with Gasteiger partial charge in [-0.3, -0.25) is 4.99 Å². The molecule has 0 aromatic heterocycles. The molecule has 0 fully saturated rings. The molecule has 0 saturated carbocycles. The van der Waals surface area contributed by atoms with Crippen molar-refractivity contribution in [3.05, 3.63) is 35.4 Å². The number of hydrogen-bond donors (Lipinski definition) is 2. The van der Waals surface area contributed by atoms with E-state index in [-0.39, 0.29) is 11.3 Å². The SMILES string of the molecule is CN=CC=C(N)c1ccc(C#N)c(O)c1. The van der Waals surface area contributed by atoms with Crippen molar-refractivity contribution in [2.75, 3.05) is 7.05 Å². The van der Waals surface area contributed by atoms with Gasteiger partial charge < -0.3 is 10.8 Å². The van der Waals surface area contributed by atoms with Crippen molar-refractivity contribution in [1.82, 2.24) is 0 Å². The molecule has 0 saturated heterocycles. The van der Waals surface area contributed by atoms with Gasteiger partial charge in [-0.15, -0.1) is 0 Å². The van der Waals surface area contributed by atoms with Gasteiger partial charge in [-0.25, -0.2) is 0 Å². The Balaban J connectivity index is 3.09. The number of rotatable bonds is 2. The summed E-state index contributed by atoms with van der Waals surface area (Å²) in [5.74, 6) is -0.0696. The molecule has 0 amide bonds. The molecule has 0 atom stereocenters. The fraction of sp³-hybridized carbons (Fsp3) is 0.0909. The summed E-state index contributed by atoms with van der Waals surface area (Å²) in [4.78, 5) is 3.76. The van der Waals surface area contributed by atoms with Crippen LogP contribution < -0.4 is 5.73 Å². The van der Waals surface area contributed by atoms with Gasteiger partial charge in [-0.2, -0.15) is 5.26 Å². The lowest BCUT2D eigenvalue weighted by Gasteiger charge is -2.02. The lowest BCUT2D eigenvalue weighted by Crippen LogP contribution is -1.96. The van der Waals surface area contributed by atoms with E-state index < -0.39 is 0 Å². The third kappa shape index (κ3) is 2.58. The van der Waals surface area contributed by atoms with E-state index in [9.17, 15) is 5.11 Å². The Labute approximate surface area is 88.0 Å². The quantitative estimate of drug-likeness (QED) is 0.707. The molecule has 4 nitrogen and oxygen atoms in total. The fourth-order valence-corrected chi connectivity index (χ4v) is 1.06. The number of nitriles is 1. The first-order valence-electron chi connectivity index (χ1n) is 4.30. The van der Waals surface area contributed by atoms with Crippen LogP contribution in [0.2, 0.25) is 0 Å². The van der Waals surface area contributed by atoms with Gasteiger partial charge >= 0.3 is 0 Å². The highest BCUT2D eigenvalue weighted by Gasteiger charge is 2.02. The summed E-state index contributed by atoms with van der Waals surface area (Å²) in [6, 6.07) is 6.52. The molecule has 0 spiro atoms. The van der Waals surface area contributed by atoms with Crippen molar-refractivity contribution in [2.45, 2.75) is 0 Å². The van der Waals surface area contributed by atoms with Crippen LogP contribution in [0.3, 0.4) is 0 Å². The Hall–Kier alpha value is -2.28. The second kappa shape index (κ2) is 4.82. The summed E-state index contributed by atoms with van der Waals surface area (Å²) >= 11 is 0. The first-order valence-corrected chi connectivity index (χ1v) is 4.30. The minimum absolute atomic E-state index is 0.0696. The van der Waals surface area contributed by atoms with Crippen molar-refractivity contribution < 1.29 is 5.11 Å². The minimum Gasteiger partial charge on any atom is -0.507 e. The van der Waals surface area contributed by atoms with E-state index in [2.05, 4.69) is 4.99 Å². The second-order valence-corrected chi connectivity index (χ2v) is 2.87. The number of allylic oxidation sites excluding steroid dienone is 1. The number of nitrogens with two attached hydrogens (primary N) is 1. The lowest BCUT2D eigenvalue weighted by atomic mass is 10.1. The van der Waals surface area contributed by atoms with E-state index in [0.717, 1.165) is 0 Å². The lowest BCUT2D eigenvalue weighted by molar-refractivity contribution is 0.473. The highest BCUT2D eigenvalue weighted by Crippen LogP contribution is 2.20. The van der Waals surface area contributed by atoms with Gasteiger partial charge in [0.1, 0.15) is 11.8 Å². The van der Waals surface area contributed by atoms with Gasteiger partial charge in [0.2, 0.25) is 0 Å². The molecule has 0 bridgehead atoms. The largest absolute Gasteiger partial charge is 0.507 e. The number of benzene rings is 1. The number of aliphatic imine (C=N–C) groups is 1. The van der Waals surface area contributed by atoms with Gasteiger partial charge in [-0.05, 0) is 18.2 Å². The zero-order valence-corrected chi connectivity index (χ0v) is 8.31. The topological polar surface area (TPSA) is 82.4 Å². The van der Waals surface area contributed by atoms with Crippen LogP contribution in [0.15, 0.2) is 29.3 Å². The van der Waals surface area contributed by atoms with Gasteiger partial charge in [0, 0.05) is 24.5 Å². The molecule has 0 heterocycles. The second-order valence-electron chi connectivity index (χ2n) is 2.87. The van der Waals surface area contributed by atoms with Crippen molar-refractivity contribution >= 4 is 11.9 Å². The zero-order chi connectivity index (χ0) is 11.3.